The van der Waals surface area contributed by atoms with Gasteiger partial charge >= 0.3 is 0 Å². The highest BCUT2D eigenvalue weighted by Gasteiger charge is 2.51. The van der Waals surface area contributed by atoms with Crippen molar-refractivity contribution in [2.24, 2.45) is 5.41 Å². The normalized spacial score (nSPS) is 30.5. The van der Waals surface area contributed by atoms with Gasteiger partial charge in [-0.05, 0) is 99.6 Å². The van der Waals surface area contributed by atoms with Gasteiger partial charge in [0.1, 0.15) is 5.82 Å². The minimum atomic E-state index is -0.356. The molecule has 1 aromatic heterocycles. The molecule has 2 aromatic rings. The van der Waals surface area contributed by atoms with Crippen LogP contribution in [0.2, 0.25) is 5.02 Å². The molecule has 2 atom stereocenters. The Labute approximate surface area is 195 Å². The van der Waals surface area contributed by atoms with Crippen LogP contribution in [0.5, 0.6) is 0 Å². The first kappa shape index (κ1) is 23.6. The Balaban J connectivity index is 1.52. The lowest BCUT2D eigenvalue weighted by atomic mass is 9.54. The number of hydrogen-bond donors (Lipinski definition) is 3. The molecule has 0 amide bonds. The van der Waals surface area contributed by atoms with E-state index in [9.17, 15) is 14.6 Å². The molecule has 0 unspecified atom stereocenters. The average Bonchev–Trinajstić information content (AvgIpc) is 2.79. The highest BCUT2D eigenvalue weighted by atomic mass is 35.5. The van der Waals surface area contributed by atoms with Gasteiger partial charge in [-0.25, -0.2) is 4.39 Å². The maximum absolute atomic E-state index is 13.6. The third-order valence-corrected chi connectivity index (χ3v) is 8.40. The summed E-state index contributed by atoms with van der Waals surface area (Å²) in [5, 5.41) is 25.4. The molecule has 0 bridgehead atoms. The first-order valence-corrected chi connectivity index (χ1v) is 12.1. The van der Waals surface area contributed by atoms with Gasteiger partial charge in [-0.15, -0.1) is 0 Å². The molecule has 4 nitrogen and oxygen atoms in total. The van der Waals surface area contributed by atoms with Crippen LogP contribution in [-0.2, 0) is 12.0 Å². The number of rotatable bonds is 6. The van der Waals surface area contributed by atoms with Crippen molar-refractivity contribution in [1.29, 1.82) is 0 Å². The molecule has 2 aliphatic rings. The van der Waals surface area contributed by atoms with Crippen LogP contribution >= 0.6 is 11.6 Å². The van der Waals surface area contributed by atoms with E-state index in [4.69, 9.17) is 11.6 Å². The van der Waals surface area contributed by atoms with Crippen molar-refractivity contribution < 1.29 is 14.6 Å². The molecular weight excluding hydrogens is 427 g/mol. The van der Waals surface area contributed by atoms with Gasteiger partial charge in [0.15, 0.2) is 0 Å². The quantitative estimate of drug-likeness (QED) is 0.527. The summed E-state index contributed by atoms with van der Waals surface area (Å²) in [6, 6.07) is 9.28. The Morgan fingerprint density at radius 1 is 1.12 bits per heavy atom. The van der Waals surface area contributed by atoms with E-state index in [2.05, 4.69) is 16.4 Å². The number of halogens is 2. The van der Waals surface area contributed by atoms with Crippen LogP contribution in [0.1, 0.15) is 68.2 Å². The zero-order valence-electron chi connectivity index (χ0n) is 18.8. The fourth-order valence-corrected chi connectivity index (χ4v) is 6.12. The van der Waals surface area contributed by atoms with Gasteiger partial charge in [0, 0.05) is 22.7 Å². The standard InChI is InChI=1S/C26H34ClFN2O2/c1-18-19(3-2-4-22(18)27)15-29-14-13-25(23-6-5-20(28)16-30-23)12-9-24(32)26(17-25)10-7-21(31)8-11-26/h2-6,16,21,24,29,31-32H,7-15,17H2,1H3/t21?,24-,25+,26?/m1/s1. The molecule has 2 saturated carbocycles. The van der Waals surface area contributed by atoms with E-state index in [0.29, 0.717) is 6.42 Å². The predicted octanol–water partition coefficient (Wildman–Crippen LogP) is 5.07. The summed E-state index contributed by atoms with van der Waals surface area (Å²) in [5.41, 5.74) is 2.78. The van der Waals surface area contributed by atoms with Gasteiger partial charge in [0.05, 0.1) is 18.4 Å². The van der Waals surface area contributed by atoms with Crippen molar-refractivity contribution in [3.05, 3.63) is 64.2 Å². The maximum Gasteiger partial charge on any atom is 0.141 e. The molecule has 2 fully saturated rings. The number of pyridine rings is 1. The van der Waals surface area contributed by atoms with Crippen molar-refractivity contribution >= 4 is 11.6 Å². The van der Waals surface area contributed by atoms with E-state index in [1.165, 1.54) is 17.8 Å². The second kappa shape index (κ2) is 9.76. The van der Waals surface area contributed by atoms with Gasteiger partial charge in [-0.2, -0.15) is 0 Å². The number of nitrogens with zero attached hydrogens (tertiary/aromatic N) is 1. The van der Waals surface area contributed by atoms with Crippen LogP contribution in [0, 0.1) is 18.2 Å². The lowest BCUT2D eigenvalue weighted by Crippen LogP contribution is -2.51. The van der Waals surface area contributed by atoms with E-state index in [1.54, 1.807) is 0 Å². The Bertz CT molecular complexity index is 915. The fourth-order valence-electron chi connectivity index (χ4n) is 5.93. The number of benzene rings is 1. The molecule has 0 saturated heterocycles. The zero-order chi connectivity index (χ0) is 22.8. The minimum Gasteiger partial charge on any atom is -0.393 e. The van der Waals surface area contributed by atoms with Crippen LogP contribution in [0.4, 0.5) is 4.39 Å². The summed E-state index contributed by atoms with van der Waals surface area (Å²) in [6.45, 7) is 3.56. The number of nitrogens with one attached hydrogen (secondary N) is 1. The van der Waals surface area contributed by atoms with Gasteiger partial charge < -0.3 is 15.5 Å². The SMILES string of the molecule is Cc1c(Cl)cccc1CNCC[C@@]1(c2ccc(F)cn2)CC[C@@H](O)C2(CCC(O)CC2)C1. The molecule has 4 rings (SSSR count). The lowest BCUT2D eigenvalue weighted by molar-refractivity contribution is -0.0831. The molecule has 6 heteroatoms. The second-order valence-electron chi connectivity index (χ2n) is 9.92. The number of aromatic nitrogens is 1. The monoisotopic (exact) mass is 460 g/mol. The topological polar surface area (TPSA) is 65.4 Å². The van der Waals surface area contributed by atoms with Crippen LogP contribution in [0.25, 0.3) is 0 Å². The molecule has 1 heterocycles. The smallest absolute Gasteiger partial charge is 0.141 e. The Hall–Kier alpha value is -1.53. The van der Waals surface area contributed by atoms with Crippen LogP contribution < -0.4 is 5.32 Å². The molecule has 2 aliphatic carbocycles. The summed E-state index contributed by atoms with van der Waals surface area (Å²) >= 11 is 6.26. The molecule has 0 radical (unpaired) electrons. The van der Waals surface area contributed by atoms with Crippen LogP contribution in [-0.4, -0.2) is 33.9 Å². The third-order valence-electron chi connectivity index (χ3n) is 7.99. The summed E-state index contributed by atoms with van der Waals surface area (Å²) in [7, 11) is 0. The molecule has 174 valence electrons. The van der Waals surface area contributed by atoms with E-state index in [-0.39, 0.29) is 28.9 Å². The zero-order valence-corrected chi connectivity index (χ0v) is 19.5. The van der Waals surface area contributed by atoms with E-state index < -0.39 is 0 Å². The third kappa shape index (κ3) is 4.86. The fraction of sp³-hybridized carbons (Fsp3) is 0.577. The van der Waals surface area contributed by atoms with E-state index in [1.807, 2.05) is 25.1 Å². The number of hydrogen-bond acceptors (Lipinski definition) is 4. The molecule has 32 heavy (non-hydrogen) atoms. The summed E-state index contributed by atoms with van der Waals surface area (Å²) in [6.07, 6.45) is 7.03. The van der Waals surface area contributed by atoms with E-state index >= 15 is 0 Å². The van der Waals surface area contributed by atoms with E-state index in [0.717, 1.165) is 74.3 Å². The Morgan fingerprint density at radius 2 is 1.91 bits per heavy atom. The highest BCUT2D eigenvalue weighted by Crippen LogP contribution is 2.55. The van der Waals surface area contributed by atoms with Gasteiger partial charge in [-0.3, -0.25) is 4.98 Å². The van der Waals surface area contributed by atoms with Gasteiger partial charge in [0.25, 0.3) is 0 Å². The van der Waals surface area contributed by atoms with Crippen molar-refractivity contribution in [3.63, 3.8) is 0 Å². The summed E-state index contributed by atoms with van der Waals surface area (Å²) in [4.78, 5) is 4.50. The first-order chi connectivity index (χ1) is 15.3. The molecular formula is C26H34ClFN2O2. The maximum atomic E-state index is 13.6. The van der Waals surface area contributed by atoms with Crippen LogP contribution in [0.3, 0.4) is 0 Å². The Kier molecular flexibility index (Phi) is 7.21. The molecule has 3 N–H and O–H groups in total. The van der Waals surface area contributed by atoms with Crippen molar-refractivity contribution in [1.82, 2.24) is 10.3 Å². The van der Waals surface area contributed by atoms with Crippen LogP contribution in [0.15, 0.2) is 36.5 Å². The number of aliphatic hydroxyl groups excluding tert-OH is 2. The summed E-state index contributed by atoms with van der Waals surface area (Å²) < 4.78 is 13.6. The molecule has 1 aromatic carbocycles. The first-order valence-electron chi connectivity index (χ1n) is 11.8. The second-order valence-corrected chi connectivity index (χ2v) is 10.3. The number of aliphatic hydroxyl groups is 2. The lowest BCUT2D eigenvalue weighted by Gasteiger charge is -2.53. The molecule has 0 aliphatic heterocycles. The van der Waals surface area contributed by atoms with Crippen molar-refractivity contribution in [2.45, 2.75) is 82.5 Å². The van der Waals surface area contributed by atoms with Crippen molar-refractivity contribution in [2.75, 3.05) is 6.54 Å². The summed E-state index contributed by atoms with van der Waals surface area (Å²) in [5.74, 6) is -0.329. The van der Waals surface area contributed by atoms with Crippen molar-refractivity contribution in [3.8, 4) is 0 Å². The molecule has 1 spiro atoms. The van der Waals surface area contributed by atoms with Gasteiger partial charge in [0.2, 0.25) is 0 Å². The minimum absolute atomic E-state index is 0.197. The highest BCUT2D eigenvalue weighted by molar-refractivity contribution is 6.31. The van der Waals surface area contributed by atoms with Gasteiger partial charge in [-0.1, -0.05) is 23.7 Å². The Morgan fingerprint density at radius 3 is 2.62 bits per heavy atom. The predicted molar refractivity (Wildman–Crippen MR) is 125 cm³/mol. The largest absolute Gasteiger partial charge is 0.393 e. The average molecular weight is 461 g/mol.